The predicted molar refractivity (Wildman–Crippen MR) is 90.4 cm³/mol. The molecule has 2 aromatic rings. The third kappa shape index (κ3) is 3.00. The lowest BCUT2D eigenvalue weighted by Crippen LogP contribution is -2.31. The van der Waals surface area contributed by atoms with E-state index in [9.17, 15) is 0 Å². The van der Waals surface area contributed by atoms with Gasteiger partial charge in [-0.15, -0.1) is 22.7 Å². The van der Waals surface area contributed by atoms with Gasteiger partial charge in [-0.3, -0.25) is 0 Å². The molecule has 3 atom stereocenters. The Bertz CT molecular complexity index is 529. The Kier molecular flexibility index (Phi) is 4.59. The van der Waals surface area contributed by atoms with Crippen LogP contribution in [-0.2, 0) is 6.54 Å². The van der Waals surface area contributed by atoms with Gasteiger partial charge in [0, 0.05) is 27.9 Å². The highest BCUT2D eigenvalue weighted by Crippen LogP contribution is 2.34. The molecule has 108 valence electrons. The number of thiophene rings is 2. The summed E-state index contributed by atoms with van der Waals surface area (Å²) in [4.78, 5) is 2.84. The molecule has 1 N–H and O–H groups in total. The zero-order valence-corrected chi connectivity index (χ0v) is 13.9. The van der Waals surface area contributed by atoms with Crippen LogP contribution >= 0.6 is 22.7 Å². The SMILES string of the molecule is CCC1CCC(NCc2cc(-c3cccs3)cs2)C1C. The van der Waals surface area contributed by atoms with Crippen LogP contribution in [-0.4, -0.2) is 6.04 Å². The summed E-state index contributed by atoms with van der Waals surface area (Å²) < 4.78 is 0. The lowest BCUT2D eigenvalue weighted by atomic mass is 9.93. The minimum Gasteiger partial charge on any atom is -0.309 e. The van der Waals surface area contributed by atoms with Crippen molar-refractivity contribution in [2.75, 3.05) is 0 Å². The molecule has 1 nitrogen and oxygen atoms in total. The van der Waals surface area contributed by atoms with Gasteiger partial charge < -0.3 is 5.32 Å². The fourth-order valence-corrected chi connectivity index (χ4v) is 5.01. The molecule has 1 aliphatic rings. The second kappa shape index (κ2) is 6.42. The van der Waals surface area contributed by atoms with Crippen LogP contribution in [0.25, 0.3) is 10.4 Å². The smallest absolute Gasteiger partial charge is 0.0351 e. The Labute approximate surface area is 130 Å². The maximum atomic E-state index is 3.78. The molecular weight excluding hydrogens is 282 g/mol. The van der Waals surface area contributed by atoms with Crippen molar-refractivity contribution in [3.8, 4) is 10.4 Å². The van der Waals surface area contributed by atoms with E-state index in [2.05, 4.69) is 48.1 Å². The van der Waals surface area contributed by atoms with E-state index in [-0.39, 0.29) is 0 Å². The average Bonchev–Trinajstić information content (AvgIpc) is 3.17. The number of hydrogen-bond acceptors (Lipinski definition) is 3. The van der Waals surface area contributed by atoms with Gasteiger partial charge in [-0.05, 0) is 47.6 Å². The summed E-state index contributed by atoms with van der Waals surface area (Å²) in [5.74, 6) is 1.76. The topological polar surface area (TPSA) is 12.0 Å². The van der Waals surface area contributed by atoms with Gasteiger partial charge in [-0.1, -0.05) is 26.3 Å². The van der Waals surface area contributed by atoms with E-state index in [1.807, 2.05) is 22.7 Å². The predicted octanol–water partition coefficient (Wildman–Crippen LogP) is 5.39. The molecule has 1 fully saturated rings. The second-order valence-electron chi connectivity index (χ2n) is 5.87. The van der Waals surface area contributed by atoms with Gasteiger partial charge in [0.15, 0.2) is 0 Å². The Morgan fingerprint density at radius 3 is 2.90 bits per heavy atom. The fraction of sp³-hybridized carbons (Fsp3) is 0.529. The van der Waals surface area contributed by atoms with Crippen molar-refractivity contribution >= 4 is 22.7 Å². The first-order valence-electron chi connectivity index (χ1n) is 7.62. The van der Waals surface area contributed by atoms with E-state index >= 15 is 0 Å². The molecule has 0 bridgehead atoms. The van der Waals surface area contributed by atoms with Gasteiger partial charge >= 0.3 is 0 Å². The summed E-state index contributed by atoms with van der Waals surface area (Å²) >= 11 is 3.71. The Morgan fingerprint density at radius 1 is 1.30 bits per heavy atom. The van der Waals surface area contributed by atoms with Crippen LogP contribution in [0.1, 0.15) is 38.0 Å². The molecule has 2 heterocycles. The summed E-state index contributed by atoms with van der Waals surface area (Å²) in [6.07, 6.45) is 4.09. The molecule has 20 heavy (non-hydrogen) atoms. The van der Waals surface area contributed by atoms with Crippen LogP contribution in [0.15, 0.2) is 29.0 Å². The second-order valence-corrected chi connectivity index (χ2v) is 7.81. The molecule has 1 aliphatic carbocycles. The quantitative estimate of drug-likeness (QED) is 0.781. The molecule has 0 aliphatic heterocycles. The van der Waals surface area contributed by atoms with E-state index in [1.54, 1.807) is 0 Å². The van der Waals surface area contributed by atoms with Crippen molar-refractivity contribution in [3.63, 3.8) is 0 Å². The van der Waals surface area contributed by atoms with Crippen LogP contribution in [0.2, 0.25) is 0 Å². The molecular formula is C17H23NS2. The summed E-state index contributed by atoms with van der Waals surface area (Å²) in [7, 11) is 0. The first-order chi connectivity index (χ1) is 9.78. The van der Waals surface area contributed by atoms with Crippen LogP contribution in [0.4, 0.5) is 0 Å². The Morgan fingerprint density at radius 2 is 2.20 bits per heavy atom. The molecule has 0 spiro atoms. The van der Waals surface area contributed by atoms with Gasteiger partial charge in [0.25, 0.3) is 0 Å². The van der Waals surface area contributed by atoms with Crippen LogP contribution in [0.3, 0.4) is 0 Å². The average molecular weight is 306 g/mol. The standard InChI is InChI=1S/C17H23NS2/c1-3-13-6-7-16(12(13)2)18-10-15-9-14(11-20-15)17-5-4-8-19-17/h4-5,8-9,11-13,16,18H,3,6-7,10H2,1-2H3. The van der Waals surface area contributed by atoms with Crippen molar-refractivity contribution in [1.82, 2.24) is 5.32 Å². The van der Waals surface area contributed by atoms with Gasteiger partial charge in [0.2, 0.25) is 0 Å². The van der Waals surface area contributed by atoms with Gasteiger partial charge in [0.05, 0.1) is 0 Å². The Balaban J connectivity index is 1.57. The van der Waals surface area contributed by atoms with Crippen LogP contribution < -0.4 is 5.32 Å². The minimum atomic E-state index is 0.715. The maximum Gasteiger partial charge on any atom is 0.0351 e. The molecule has 3 unspecified atom stereocenters. The zero-order chi connectivity index (χ0) is 13.9. The van der Waals surface area contributed by atoms with E-state index in [1.165, 1.54) is 34.6 Å². The molecule has 1 saturated carbocycles. The number of hydrogen-bond donors (Lipinski definition) is 1. The molecule has 0 aromatic carbocycles. The van der Waals surface area contributed by atoms with E-state index in [0.29, 0.717) is 6.04 Å². The number of rotatable bonds is 5. The summed E-state index contributed by atoms with van der Waals surface area (Å²) in [5.41, 5.74) is 1.38. The molecule has 2 aromatic heterocycles. The third-order valence-electron chi connectivity index (χ3n) is 4.75. The molecule has 3 rings (SSSR count). The van der Waals surface area contributed by atoms with Crippen molar-refractivity contribution in [2.24, 2.45) is 11.8 Å². The lowest BCUT2D eigenvalue weighted by Gasteiger charge is -2.20. The van der Waals surface area contributed by atoms with Crippen LogP contribution in [0.5, 0.6) is 0 Å². The maximum absolute atomic E-state index is 3.78. The third-order valence-corrected chi connectivity index (χ3v) is 6.60. The summed E-state index contributed by atoms with van der Waals surface area (Å²) in [6.45, 7) is 5.78. The van der Waals surface area contributed by atoms with Gasteiger partial charge in [0.1, 0.15) is 0 Å². The first kappa shape index (κ1) is 14.3. The zero-order valence-electron chi connectivity index (χ0n) is 12.3. The lowest BCUT2D eigenvalue weighted by molar-refractivity contribution is 0.345. The number of nitrogens with one attached hydrogen (secondary N) is 1. The summed E-state index contributed by atoms with van der Waals surface area (Å²) in [5, 5.41) is 8.22. The normalized spacial score (nSPS) is 26.2. The minimum absolute atomic E-state index is 0.715. The highest BCUT2D eigenvalue weighted by molar-refractivity contribution is 7.14. The van der Waals surface area contributed by atoms with Crippen molar-refractivity contribution in [3.05, 3.63) is 33.8 Å². The van der Waals surface area contributed by atoms with Crippen molar-refractivity contribution < 1.29 is 0 Å². The first-order valence-corrected chi connectivity index (χ1v) is 9.38. The van der Waals surface area contributed by atoms with E-state index in [4.69, 9.17) is 0 Å². The fourth-order valence-electron chi connectivity index (χ4n) is 3.39. The van der Waals surface area contributed by atoms with Crippen molar-refractivity contribution in [2.45, 2.75) is 45.7 Å². The highest BCUT2D eigenvalue weighted by Gasteiger charge is 2.30. The summed E-state index contributed by atoms with van der Waals surface area (Å²) in [6, 6.07) is 7.39. The largest absolute Gasteiger partial charge is 0.309 e. The monoisotopic (exact) mass is 305 g/mol. The van der Waals surface area contributed by atoms with Crippen molar-refractivity contribution in [1.29, 1.82) is 0 Å². The van der Waals surface area contributed by atoms with Gasteiger partial charge in [-0.2, -0.15) is 0 Å². The van der Waals surface area contributed by atoms with Crippen LogP contribution in [0, 0.1) is 11.8 Å². The van der Waals surface area contributed by atoms with E-state index < -0.39 is 0 Å². The Hall–Kier alpha value is -0.640. The highest BCUT2D eigenvalue weighted by atomic mass is 32.1. The van der Waals surface area contributed by atoms with Gasteiger partial charge in [-0.25, -0.2) is 0 Å². The molecule has 0 saturated heterocycles. The molecule has 3 heteroatoms. The molecule has 0 radical (unpaired) electrons. The molecule has 0 amide bonds. The van der Waals surface area contributed by atoms with E-state index in [0.717, 1.165) is 18.4 Å².